The molecule has 136 valence electrons. The Labute approximate surface area is 151 Å². The topological polar surface area (TPSA) is 69.8 Å². The third-order valence-electron chi connectivity index (χ3n) is 5.40. The maximum Gasteiger partial charge on any atom is 0.225 e. The van der Waals surface area contributed by atoms with Crippen molar-refractivity contribution < 1.29 is 4.79 Å². The summed E-state index contributed by atoms with van der Waals surface area (Å²) in [6.45, 7) is 2.19. The van der Waals surface area contributed by atoms with Gasteiger partial charge in [0, 0.05) is 24.1 Å². The van der Waals surface area contributed by atoms with E-state index in [1.807, 2.05) is 6.07 Å². The molecule has 2 fully saturated rings. The molecule has 6 heteroatoms. The van der Waals surface area contributed by atoms with Crippen LogP contribution >= 0.6 is 12.4 Å². The molecule has 0 radical (unpaired) electrons. The summed E-state index contributed by atoms with van der Waals surface area (Å²) in [5, 5.41) is 13.8. The fourth-order valence-electron chi connectivity index (χ4n) is 3.91. The van der Waals surface area contributed by atoms with Crippen molar-refractivity contribution in [2.45, 2.75) is 70.1 Å². The van der Waals surface area contributed by atoms with E-state index < -0.39 is 0 Å². The van der Waals surface area contributed by atoms with Crippen molar-refractivity contribution in [3.05, 3.63) is 11.8 Å². The molecule has 1 aromatic rings. The first kappa shape index (κ1) is 19.3. The number of nitrogens with one attached hydrogen (secondary N) is 3. The number of halogens is 1. The number of nitrogens with zero attached hydrogens (tertiary/aromatic N) is 1. The maximum absolute atomic E-state index is 12.1. The quantitative estimate of drug-likeness (QED) is 0.700. The molecule has 0 unspecified atom stereocenters. The Balaban J connectivity index is 0.00000208. The highest BCUT2D eigenvalue weighted by molar-refractivity contribution is 5.89. The highest BCUT2D eigenvalue weighted by atomic mass is 35.5. The Morgan fingerprint density at radius 2 is 1.83 bits per heavy atom. The molecule has 1 aromatic heterocycles. The Bertz CT molecular complexity index is 491. The number of rotatable bonds is 5. The number of aromatic nitrogens is 2. The standard InChI is InChI=1S/C18H30N4O.ClH/c23-18(8-7-14-9-11-19-12-10-14)20-17-13-16(21-22-17)15-5-3-1-2-4-6-15;/h13-15,19H,1-12H2,(H2,20,21,22,23);1H. The molecule has 2 aliphatic rings. The van der Waals surface area contributed by atoms with Crippen LogP contribution < -0.4 is 10.6 Å². The van der Waals surface area contributed by atoms with Crippen LogP contribution in [0.1, 0.15) is 75.8 Å². The molecule has 1 amide bonds. The normalized spacial score (nSPS) is 20.2. The third-order valence-corrected chi connectivity index (χ3v) is 5.40. The minimum atomic E-state index is 0. The van der Waals surface area contributed by atoms with Crippen molar-refractivity contribution in [3.8, 4) is 0 Å². The van der Waals surface area contributed by atoms with Gasteiger partial charge in [-0.1, -0.05) is 25.7 Å². The summed E-state index contributed by atoms with van der Waals surface area (Å²) in [6.07, 6.45) is 11.8. The number of amides is 1. The zero-order valence-corrected chi connectivity index (χ0v) is 15.3. The fraction of sp³-hybridized carbons (Fsp3) is 0.778. The summed E-state index contributed by atoms with van der Waals surface area (Å²) < 4.78 is 0. The average molecular weight is 355 g/mol. The Morgan fingerprint density at radius 1 is 1.12 bits per heavy atom. The number of hydrogen-bond donors (Lipinski definition) is 3. The molecule has 0 aromatic carbocycles. The van der Waals surface area contributed by atoms with Crippen LogP contribution in [0.25, 0.3) is 0 Å². The number of aromatic amines is 1. The molecule has 1 aliphatic carbocycles. The van der Waals surface area contributed by atoms with Gasteiger partial charge in [0.1, 0.15) is 0 Å². The fourth-order valence-corrected chi connectivity index (χ4v) is 3.91. The Kier molecular flexibility index (Phi) is 8.06. The summed E-state index contributed by atoms with van der Waals surface area (Å²) in [5.41, 5.74) is 1.19. The van der Waals surface area contributed by atoms with Crippen LogP contribution in [0.4, 0.5) is 5.82 Å². The van der Waals surface area contributed by atoms with Gasteiger partial charge < -0.3 is 10.6 Å². The zero-order chi connectivity index (χ0) is 15.9. The first-order valence-corrected chi connectivity index (χ1v) is 9.37. The summed E-state index contributed by atoms with van der Waals surface area (Å²) in [4.78, 5) is 12.1. The van der Waals surface area contributed by atoms with Crippen molar-refractivity contribution in [2.24, 2.45) is 5.92 Å². The summed E-state index contributed by atoms with van der Waals surface area (Å²) in [5.74, 6) is 2.08. The van der Waals surface area contributed by atoms with E-state index in [4.69, 9.17) is 0 Å². The summed E-state index contributed by atoms with van der Waals surface area (Å²) in [7, 11) is 0. The Hall–Kier alpha value is -1.07. The molecule has 3 rings (SSSR count). The first-order chi connectivity index (χ1) is 11.3. The van der Waals surface area contributed by atoms with Crippen LogP contribution in [0.3, 0.4) is 0 Å². The van der Waals surface area contributed by atoms with E-state index in [0.29, 0.717) is 24.1 Å². The highest BCUT2D eigenvalue weighted by Gasteiger charge is 2.18. The average Bonchev–Trinajstić information content (AvgIpc) is 2.86. The van der Waals surface area contributed by atoms with Gasteiger partial charge in [-0.3, -0.25) is 9.89 Å². The van der Waals surface area contributed by atoms with Gasteiger partial charge in [0.15, 0.2) is 5.82 Å². The van der Waals surface area contributed by atoms with E-state index in [2.05, 4.69) is 20.8 Å². The van der Waals surface area contributed by atoms with E-state index in [-0.39, 0.29) is 18.3 Å². The maximum atomic E-state index is 12.1. The van der Waals surface area contributed by atoms with Gasteiger partial charge in [-0.25, -0.2) is 0 Å². The van der Waals surface area contributed by atoms with Crippen molar-refractivity contribution >= 4 is 24.1 Å². The van der Waals surface area contributed by atoms with Crippen LogP contribution in [0, 0.1) is 5.92 Å². The molecule has 1 saturated carbocycles. The molecule has 1 aliphatic heterocycles. The van der Waals surface area contributed by atoms with Gasteiger partial charge in [0.05, 0.1) is 0 Å². The molecule has 0 atom stereocenters. The van der Waals surface area contributed by atoms with E-state index in [1.165, 1.54) is 57.1 Å². The van der Waals surface area contributed by atoms with Gasteiger partial charge in [-0.2, -0.15) is 5.10 Å². The number of carbonyl (C=O) groups excluding carboxylic acids is 1. The smallest absolute Gasteiger partial charge is 0.225 e. The molecule has 1 saturated heterocycles. The van der Waals surface area contributed by atoms with Gasteiger partial charge in [-0.05, 0) is 51.1 Å². The monoisotopic (exact) mass is 354 g/mol. The number of anilines is 1. The lowest BCUT2D eigenvalue weighted by molar-refractivity contribution is -0.116. The zero-order valence-electron chi connectivity index (χ0n) is 14.5. The van der Waals surface area contributed by atoms with Crippen LogP contribution in [0.5, 0.6) is 0 Å². The van der Waals surface area contributed by atoms with Crippen LogP contribution in [-0.4, -0.2) is 29.2 Å². The van der Waals surface area contributed by atoms with Crippen LogP contribution in [0.15, 0.2) is 6.07 Å². The molecule has 24 heavy (non-hydrogen) atoms. The van der Waals surface area contributed by atoms with Crippen molar-refractivity contribution in [1.29, 1.82) is 0 Å². The van der Waals surface area contributed by atoms with E-state index in [0.717, 1.165) is 19.5 Å². The molecular weight excluding hydrogens is 324 g/mol. The number of carbonyl (C=O) groups is 1. The van der Waals surface area contributed by atoms with E-state index >= 15 is 0 Å². The number of hydrogen-bond acceptors (Lipinski definition) is 3. The molecule has 0 bridgehead atoms. The Morgan fingerprint density at radius 3 is 2.54 bits per heavy atom. The first-order valence-electron chi connectivity index (χ1n) is 9.37. The summed E-state index contributed by atoms with van der Waals surface area (Å²) in [6, 6.07) is 2.04. The van der Waals surface area contributed by atoms with Gasteiger partial charge in [0.25, 0.3) is 0 Å². The largest absolute Gasteiger partial charge is 0.317 e. The molecular formula is C18H31ClN4O. The van der Waals surface area contributed by atoms with Gasteiger partial charge in [-0.15, -0.1) is 12.4 Å². The SMILES string of the molecule is Cl.O=C(CCC1CCNCC1)Nc1cc(C2CCCCCC2)[nH]n1. The minimum absolute atomic E-state index is 0. The second-order valence-corrected chi connectivity index (χ2v) is 7.18. The van der Waals surface area contributed by atoms with E-state index in [1.54, 1.807) is 0 Å². The van der Waals surface area contributed by atoms with Crippen molar-refractivity contribution in [3.63, 3.8) is 0 Å². The van der Waals surface area contributed by atoms with Crippen LogP contribution in [-0.2, 0) is 4.79 Å². The number of H-pyrrole nitrogens is 1. The molecule has 0 spiro atoms. The predicted octanol–water partition coefficient (Wildman–Crippen LogP) is 3.99. The second kappa shape index (κ2) is 10.0. The lowest BCUT2D eigenvalue weighted by Crippen LogP contribution is -2.28. The van der Waals surface area contributed by atoms with E-state index in [9.17, 15) is 4.79 Å². The minimum Gasteiger partial charge on any atom is -0.317 e. The van der Waals surface area contributed by atoms with Crippen molar-refractivity contribution in [2.75, 3.05) is 18.4 Å². The molecule has 2 heterocycles. The highest BCUT2D eigenvalue weighted by Crippen LogP contribution is 2.31. The predicted molar refractivity (Wildman–Crippen MR) is 99.7 cm³/mol. The lowest BCUT2D eigenvalue weighted by Gasteiger charge is -2.21. The summed E-state index contributed by atoms with van der Waals surface area (Å²) >= 11 is 0. The lowest BCUT2D eigenvalue weighted by atomic mass is 9.93. The van der Waals surface area contributed by atoms with Gasteiger partial charge in [0.2, 0.25) is 5.91 Å². The molecule has 5 nitrogen and oxygen atoms in total. The van der Waals surface area contributed by atoms with Gasteiger partial charge >= 0.3 is 0 Å². The molecule has 3 N–H and O–H groups in total. The number of piperidine rings is 1. The van der Waals surface area contributed by atoms with Crippen LogP contribution in [0.2, 0.25) is 0 Å². The third kappa shape index (κ3) is 5.78. The van der Waals surface area contributed by atoms with Crippen molar-refractivity contribution in [1.82, 2.24) is 15.5 Å². The second-order valence-electron chi connectivity index (χ2n) is 7.18.